The minimum atomic E-state index is -0.512. The molecule has 0 spiro atoms. The average molecular weight is 481 g/mol. The molecule has 33 heavy (non-hydrogen) atoms. The molecule has 0 aliphatic carbocycles. The highest BCUT2D eigenvalue weighted by Crippen LogP contribution is 2.18. The zero-order valence-corrected chi connectivity index (χ0v) is 18.5. The molecule has 8 nitrogen and oxygen atoms in total. The molecular formula is C23H17ClN4O4S. The molecule has 10 heteroatoms. The third-order valence-corrected chi connectivity index (χ3v) is 4.65. The molecule has 0 aliphatic heterocycles. The summed E-state index contributed by atoms with van der Waals surface area (Å²) in [5.74, 6) is -0.832. The van der Waals surface area contributed by atoms with Crippen molar-refractivity contribution in [2.24, 2.45) is 0 Å². The van der Waals surface area contributed by atoms with Crippen LogP contribution in [0.4, 0.5) is 17.1 Å². The molecule has 0 atom stereocenters. The summed E-state index contributed by atoms with van der Waals surface area (Å²) in [5, 5.41) is 19.4. The molecule has 0 unspecified atom stereocenters. The van der Waals surface area contributed by atoms with Gasteiger partial charge in [-0.05, 0) is 60.3 Å². The van der Waals surface area contributed by atoms with Gasteiger partial charge in [-0.1, -0.05) is 35.9 Å². The fourth-order valence-electron chi connectivity index (χ4n) is 2.74. The van der Waals surface area contributed by atoms with Crippen LogP contribution in [0.1, 0.15) is 15.9 Å². The highest BCUT2D eigenvalue weighted by atomic mass is 35.5. The van der Waals surface area contributed by atoms with Crippen molar-refractivity contribution in [3.05, 3.63) is 105 Å². The molecule has 0 aliphatic rings. The number of hydrogen-bond donors (Lipinski definition) is 3. The normalized spacial score (nSPS) is 10.5. The van der Waals surface area contributed by atoms with Gasteiger partial charge in [-0.2, -0.15) is 0 Å². The van der Waals surface area contributed by atoms with E-state index in [-0.39, 0.29) is 16.7 Å². The Hall–Kier alpha value is -4.08. The van der Waals surface area contributed by atoms with Crippen LogP contribution in [0.15, 0.2) is 78.9 Å². The van der Waals surface area contributed by atoms with Crippen LogP contribution in [0.3, 0.4) is 0 Å². The Labute approximate surface area is 199 Å². The zero-order chi connectivity index (χ0) is 23.8. The number of nitro groups is 1. The summed E-state index contributed by atoms with van der Waals surface area (Å²) in [6.07, 6.45) is 2.66. The number of rotatable bonds is 6. The number of nitrogens with zero attached hydrogens (tertiary/aromatic N) is 1. The maximum Gasteiger partial charge on any atom is 0.270 e. The number of carbonyl (C=O) groups is 2. The van der Waals surface area contributed by atoms with E-state index in [4.69, 9.17) is 23.8 Å². The fraction of sp³-hybridized carbons (Fsp3) is 0. The van der Waals surface area contributed by atoms with Gasteiger partial charge in [0.25, 0.3) is 11.6 Å². The van der Waals surface area contributed by atoms with Gasteiger partial charge < -0.3 is 10.6 Å². The Morgan fingerprint density at radius 1 is 0.939 bits per heavy atom. The van der Waals surface area contributed by atoms with Gasteiger partial charge in [-0.15, -0.1) is 0 Å². The monoisotopic (exact) mass is 480 g/mol. The Balaban J connectivity index is 1.57. The van der Waals surface area contributed by atoms with Crippen LogP contribution in [0, 0.1) is 10.1 Å². The lowest BCUT2D eigenvalue weighted by atomic mass is 10.2. The van der Waals surface area contributed by atoms with Gasteiger partial charge in [-0.3, -0.25) is 25.0 Å². The summed E-state index contributed by atoms with van der Waals surface area (Å²) in [6.45, 7) is 0. The summed E-state index contributed by atoms with van der Waals surface area (Å²) >= 11 is 11.1. The number of benzene rings is 3. The molecule has 3 aromatic carbocycles. The lowest BCUT2D eigenvalue weighted by Gasteiger charge is -2.11. The van der Waals surface area contributed by atoms with Crippen LogP contribution in [0.5, 0.6) is 0 Å². The first-order valence-corrected chi connectivity index (χ1v) is 10.3. The number of halogens is 1. The fourth-order valence-corrected chi connectivity index (χ4v) is 3.15. The quantitative estimate of drug-likeness (QED) is 0.197. The van der Waals surface area contributed by atoms with Crippen molar-refractivity contribution in [1.82, 2.24) is 5.32 Å². The molecule has 3 N–H and O–H groups in total. The molecule has 0 aromatic heterocycles. The van der Waals surface area contributed by atoms with Crippen LogP contribution >= 0.6 is 23.8 Å². The second kappa shape index (κ2) is 11.0. The lowest BCUT2D eigenvalue weighted by Crippen LogP contribution is -2.32. The minimum Gasteiger partial charge on any atom is -0.332 e. The topological polar surface area (TPSA) is 113 Å². The average Bonchev–Trinajstić information content (AvgIpc) is 2.78. The van der Waals surface area contributed by atoms with Gasteiger partial charge in [0.15, 0.2) is 5.11 Å². The van der Waals surface area contributed by atoms with Crippen molar-refractivity contribution in [2.45, 2.75) is 0 Å². The van der Waals surface area contributed by atoms with E-state index < -0.39 is 10.8 Å². The van der Waals surface area contributed by atoms with Gasteiger partial charge in [0.1, 0.15) is 0 Å². The van der Waals surface area contributed by atoms with Crippen LogP contribution < -0.4 is 16.0 Å². The van der Waals surface area contributed by atoms with E-state index >= 15 is 0 Å². The first-order valence-electron chi connectivity index (χ1n) is 9.51. The molecule has 3 aromatic rings. The number of amides is 2. The summed E-state index contributed by atoms with van der Waals surface area (Å²) in [4.78, 5) is 34.8. The zero-order valence-electron chi connectivity index (χ0n) is 16.9. The molecule has 0 fully saturated rings. The number of thiocarbonyl (C=S) groups is 1. The number of nitro benzene ring substituents is 1. The van der Waals surface area contributed by atoms with Crippen molar-refractivity contribution < 1.29 is 14.5 Å². The number of carbonyl (C=O) groups excluding carboxylic acids is 2. The van der Waals surface area contributed by atoms with Crippen LogP contribution in [0.25, 0.3) is 6.08 Å². The predicted molar refractivity (Wildman–Crippen MR) is 132 cm³/mol. The van der Waals surface area contributed by atoms with Crippen molar-refractivity contribution in [3.63, 3.8) is 0 Å². The van der Waals surface area contributed by atoms with Gasteiger partial charge in [0.2, 0.25) is 5.91 Å². The van der Waals surface area contributed by atoms with E-state index in [2.05, 4.69) is 16.0 Å². The summed E-state index contributed by atoms with van der Waals surface area (Å²) in [5.41, 5.74) is 1.91. The van der Waals surface area contributed by atoms with Crippen molar-refractivity contribution >= 4 is 63.9 Å². The molecule has 0 saturated carbocycles. The number of anilines is 2. The van der Waals surface area contributed by atoms with Crippen LogP contribution in [-0.4, -0.2) is 21.9 Å². The number of non-ortho nitro benzene ring substituents is 1. The highest BCUT2D eigenvalue weighted by molar-refractivity contribution is 7.80. The van der Waals surface area contributed by atoms with Crippen LogP contribution in [0.2, 0.25) is 5.02 Å². The third kappa shape index (κ3) is 7.23. The molecule has 2 amide bonds. The van der Waals surface area contributed by atoms with Crippen molar-refractivity contribution in [2.75, 3.05) is 10.6 Å². The predicted octanol–water partition coefficient (Wildman–Crippen LogP) is 5.03. The smallest absolute Gasteiger partial charge is 0.270 e. The van der Waals surface area contributed by atoms with Crippen LogP contribution in [-0.2, 0) is 4.79 Å². The largest absolute Gasteiger partial charge is 0.332 e. The van der Waals surface area contributed by atoms with Gasteiger partial charge >= 0.3 is 0 Å². The molecule has 0 heterocycles. The molecule has 166 valence electrons. The first-order chi connectivity index (χ1) is 15.8. The van der Waals surface area contributed by atoms with E-state index in [1.165, 1.54) is 30.4 Å². The highest BCUT2D eigenvalue weighted by Gasteiger charge is 2.08. The Morgan fingerprint density at radius 3 is 2.36 bits per heavy atom. The summed E-state index contributed by atoms with van der Waals surface area (Å²) in [6, 6.07) is 19.2. The standard InChI is InChI=1S/C23H17ClN4O4S/c24-17-6-2-5-16(13-17)22(30)25-18-7-3-8-19(14-18)26-23(33)27-21(29)11-10-15-4-1-9-20(12-15)28(31)32/h1-14H,(H,25,30)(H2,26,27,29,33). The van der Waals surface area contributed by atoms with Gasteiger partial charge in [0, 0.05) is 40.2 Å². The van der Waals surface area contributed by atoms with E-state index in [0.717, 1.165) is 0 Å². The lowest BCUT2D eigenvalue weighted by molar-refractivity contribution is -0.384. The maximum atomic E-state index is 12.4. The molecular weight excluding hydrogens is 464 g/mol. The molecule has 3 rings (SSSR count). The Bertz CT molecular complexity index is 1260. The second-order valence-electron chi connectivity index (χ2n) is 6.67. The Kier molecular flexibility index (Phi) is 7.85. The number of hydrogen-bond acceptors (Lipinski definition) is 5. The van der Waals surface area contributed by atoms with Gasteiger partial charge in [0.05, 0.1) is 4.92 Å². The molecule has 0 radical (unpaired) electrons. The van der Waals surface area contributed by atoms with Crippen molar-refractivity contribution in [3.8, 4) is 0 Å². The third-order valence-electron chi connectivity index (χ3n) is 4.21. The molecule has 0 bridgehead atoms. The number of nitrogens with one attached hydrogen (secondary N) is 3. The Morgan fingerprint density at radius 2 is 1.64 bits per heavy atom. The van der Waals surface area contributed by atoms with E-state index in [9.17, 15) is 19.7 Å². The van der Waals surface area contributed by atoms with E-state index in [1.54, 1.807) is 54.6 Å². The SMILES string of the molecule is O=C(C=Cc1cccc([N+](=O)[O-])c1)NC(=S)Nc1cccc(NC(=O)c2cccc(Cl)c2)c1. The maximum absolute atomic E-state index is 12.4. The second-order valence-corrected chi connectivity index (χ2v) is 7.52. The van der Waals surface area contributed by atoms with Gasteiger partial charge in [-0.25, -0.2) is 0 Å². The summed E-state index contributed by atoms with van der Waals surface area (Å²) in [7, 11) is 0. The van der Waals surface area contributed by atoms with Crippen molar-refractivity contribution in [1.29, 1.82) is 0 Å². The van der Waals surface area contributed by atoms with E-state index in [1.807, 2.05) is 0 Å². The summed E-state index contributed by atoms with van der Waals surface area (Å²) < 4.78 is 0. The first kappa shape index (κ1) is 23.6. The van der Waals surface area contributed by atoms with E-state index in [0.29, 0.717) is 27.5 Å². The molecule has 0 saturated heterocycles. The minimum absolute atomic E-state index is 0.0435.